The fourth-order valence-corrected chi connectivity index (χ4v) is 2.57. The first kappa shape index (κ1) is 20.4. The molecule has 0 aliphatic heterocycles. The first-order valence-electron chi connectivity index (χ1n) is 7.98. The highest BCUT2D eigenvalue weighted by molar-refractivity contribution is 7.14. The summed E-state index contributed by atoms with van der Waals surface area (Å²) in [5, 5.41) is 7.88. The van der Waals surface area contributed by atoms with Gasteiger partial charge in [0, 0.05) is 19.4 Å². The van der Waals surface area contributed by atoms with Crippen LogP contribution < -0.4 is 16.4 Å². The minimum absolute atomic E-state index is 0.175. The lowest BCUT2D eigenvalue weighted by Gasteiger charge is -2.03. The Kier molecular flexibility index (Phi) is 7.77. The third-order valence-corrected chi connectivity index (χ3v) is 3.85. The van der Waals surface area contributed by atoms with Gasteiger partial charge in [-0.2, -0.15) is 0 Å². The fourth-order valence-electron chi connectivity index (χ4n) is 1.87. The molecule has 11 heteroatoms. The van der Waals surface area contributed by atoms with Crippen LogP contribution in [-0.4, -0.2) is 49.7 Å². The van der Waals surface area contributed by atoms with E-state index in [1.807, 2.05) is 5.38 Å². The van der Waals surface area contributed by atoms with E-state index in [-0.39, 0.29) is 19.1 Å². The highest BCUT2D eigenvalue weighted by Crippen LogP contribution is 2.26. The smallest absolute Gasteiger partial charge is 0.303 e. The Morgan fingerprint density at radius 1 is 1.41 bits per heavy atom. The van der Waals surface area contributed by atoms with E-state index in [0.717, 1.165) is 0 Å². The Balaban J connectivity index is 1.87. The topological polar surface area (TPSA) is 141 Å². The molecule has 0 spiro atoms. The summed E-state index contributed by atoms with van der Waals surface area (Å²) in [5.41, 5.74) is 6.39. The van der Waals surface area contributed by atoms with Crippen LogP contribution in [0.3, 0.4) is 0 Å². The van der Waals surface area contributed by atoms with Gasteiger partial charge in [0.25, 0.3) is 5.91 Å². The molecule has 2 heterocycles. The highest BCUT2D eigenvalue weighted by Gasteiger charge is 2.11. The summed E-state index contributed by atoms with van der Waals surface area (Å²) in [6.45, 7) is 2.03. The van der Waals surface area contributed by atoms with Crippen molar-refractivity contribution in [2.24, 2.45) is 10.7 Å². The van der Waals surface area contributed by atoms with Crippen LogP contribution in [0.25, 0.3) is 11.5 Å². The van der Waals surface area contributed by atoms with Crippen LogP contribution in [0.1, 0.15) is 12.7 Å². The number of nitrogens with one attached hydrogen (secondary N) is 2. The number of guanidine groups is 1. The van der Waals surface area contributed by atoms with Crippen LogP contribution in [-0.2, 0) is 25.6 Å². The lowest BCUT2D eigenvalue weighted by atomic mass is 10.3. The van der Waals surface area contributed by atoms with Crippen molar-refractivity contribution < 1.29 is 23.5 Å². The fraction of sp³-hybridized carbons (Fsp3) is 0.375. The average molecular weight is 395 g/mol. The van der Waals surface area contributed by atoms with Crippen LogP contribution in [0.4, 0.5) is 5.13 Å². The number of anilines is 1. The van der Waals surface area contributed by atoms with E-state index >= 15 is 0 Å². The van der Waals surface area contributed by atoms with Gasteiger partial charge in [-0.1, -0.05) is 0 Å². The maximum Gasteiger partial charge on any atom is 0.303 e. The molecule has 0 bridgehead atoms. The van der Waals surface area contributed by atoms with Crippen LogP contribution in [0, 0.1) is 0 Å². The zero-order valence-electron chi connectivity index (χ0n) is 15.0. The van der Waals surface area contributed by atoms with E-state index in [4.69, 9.17) is 14.9 Å². The van der Waals surface area contributed by atoms with Crippen molar-refractivity contribution in [2.75, 3.05) is 32.2 Å². The SMILES string of the molecule is COCCN=C(N)Nc1nc(-c2ccc(CNC(=O)COC(C)=O)o2)cs1. The summed E-state index contributed by atoms with van der Waals surface area (Å²) in [5.74, 6) is 0.431. The molecule has 146 valence electrons. The van der Waals surface area contributed by atoms with E-state index in [0.29, 0.717) is 35.5 Å². The molecule has 2 aromatic rings. The van der Waals surface area contributed by atoms with Crippen LogP contribution in [0.5, 0.6) is 0 Å². The summed E-state index contributed by atoms with van der Waals surface area (Å²) < 4.78 is 15.2. The van der Waals surface area contributed by atoms with Gasteiger partial charge in [-0.3, -0.25) is 14.6 Å². The molecule has 2 aromatic heterocycles. The second kappa shape index (κ2) is 10.3. The lowest BCUT2D eigenvalue weighted by molar-refractivity contribution is -0.146. The molecule has 1 amide bonds. The Hall–Kier alpha value is -2.92. The lowest BCUT2D eigenvalue weighted by Crippen LogP contribution is -2.27. The molecule has 0 aliphatic carbocycles. The Bertz CT molecular complexity index is 801. The van der Waals surface area contributed by atoms with Crippen molar-refractivity contribution in [3.63, 3.8) is 0 Å². The largest absolute Gasteiger partial charge is 0.458 e. The molecule has 0 saturated heterocycles. The number of nitrogens with zero attached hydrogens (tertiary/aromatic N) is 2. The van der Waals surface area contributed by atoms with Gasteiger partial charge < -0.3 is 30.3 Å². The van der Waals surface area contributed by atoms with Crippen molar-refractivity contribution in [2.45, 2.75) is 13.5 Å². The monoisotopic (exact) mass is 395 g/mol. The molecule has 0 radical (unpaired) electrons. The van der Waals surface area contributed by atoms with E-state index in [1.54, 1.807) is 19.2 Å². The number of hydrogen-bond donors (Lipinski definition) is 3. The Labute approximate surface area is 159 Å². The molecule has 0 saturated carbocycles. The van der Waals surface area contributed by atoms with Gasteiger partial charge in [0.1, 0.15) is 11.5 Å². The molecule has 10 nitrogen and oxygen atoms in total. The highest BCUT2D eigenvalue weighted by atomic mass is 32.1. The van der Waals surface area contributed by atoms with E-state index in [2.05, 4.69) is 25.3 Å². The summed E-state index contributed by atoms with van der Waals surface area (Å²) in [6, 6.07) is 3.48. The van der Waals surface area contributed by atoms with Gasteiger partial charge in [-0.05, 0) is 12.1 Å². The molecular formula is C16H21N5O5S. The van der Waals surface area contributed by atoms with Crippen LogP contribution in [0.15, 0.2) is 26.9 Å². The van der Waals surface area contributed by atoms with Crippen molar-refractivity contribution >= 4 is 34.3 Å². The number of furan rings is 1. The number of hydrogen-bond acceptors (Lipinski definition) is 8. The first-order chi connectivity index (χ1) is 13.0. The minimum atomic E-state index is -0.511. The van der Waals surface area contributed by atoms with E-state index in [9.17, 15) is 9.59 Å². The number of aromatic nitrogens is 1. The van der Waals surface area contributed by atoms with Gasteiger partial charge in [-0.25, -0.2) is 4.98 Å². The zero-order chi connectivity index (χ0) is 19.6. The van der Waals surface area contributed by atoms with Crippen LogP contribution in [0.2, 0.25) is 0 Å². The third kappa shape index (κ3) is 7.07. The molecule has 0 fully saturated rings. The van der Waals surface area contributed by atoms with Gasteiger partial charge in [0.15, 0.2) is 23.5 Å². The number of carbonyl (C=O) groups is 2. The van der Waals surface area contributed by atoms with Crippen molar-refractivity contribution in [1.82, 2.24) is 10.3 Å². The molecule has 4 N–H and O–H groups in total. The van der Waals surface area contributed by atoms with Crippen LogP contribution >= 0.6 is 11.3 Å². The van der Waals surface area contributed by atoms with Gasteiger partial charge in [0.2, 0.25) is 0 Å². The number of carbonyl (C=O) groups excluding carboxylic acids is 2. The molecule has 27 heavy (non-hydrogen) atoms. The number of esters is 1. The molecule has 2 rings (SSSR count). The van der Waals surface area contributed by atoms with Crippen molar-refractivity contribution in [1.29, 1.82) is 0 Å². The molecular weight excluding hydrogens is 374 g/mol. The number of nitrogens with two attached hydrogens (primary N) is 1. The number of aliphatic imine (C=N–C) groups is 1. The summed E-state index contributed by atoms with van der Waals surface area (Å²) in [6.07, 6.45) is 0. The first-order valence-corrected chi connectivity index (χ1v) is 8.86. The number of thiazole rings is 1. The van der Waals surface area contributed by atoms with Crippen molar-refractivity contribution in [3.8, 4) is 11.5 Å². The summed E-state index contributed by atoms with van der Waals surface area (Å²) in [4.78, 5) is 30.7. The quantitative estimate of drug-likeness (QED) is 0.247. The molecule has 0 atom stereocenters. The van der Waals surface area contributed by atoms with Gasteiger partial charge >= 0.3 is 5.97 Å². The maximum atomic E-state index is 11.5. The average Bonchev–Trinajstić information content (AvgIpc) is 3.27. The molecule has 0 aliphatic rings. The van der Waals surface area contributed by atoms with Crippen molar-refractivity contribution in [3.05, 3.63) is 23.3 Å². The Morgan fingerprint density at radius 2 is 2.22 bits per heavy atom. The molecule has 0 aromatic carbocycles. The Morgan fingerprint density at radius 3 is 2.96 bits per heavy atom. The second-order valence-electron chi connectivity index (χ2n) is 5.25. The van der Waals surface area contributed by atoms with Gasteiger partial charge in [-0.15, -0.1) is 11.3 Å². The zero-order valence-corrected chi connectivity index (χ0v) is 15.8. The number of methoxy groups -OCH3 is 1. The normalized spacial score (nSPS) is 11.3. The predicted molar refractivity (Wildman–Crippen MR) is 100 cm³/mol. The predicted octanol–water partition coefficient (Wildman–Crippen LogP) is 0.955. The van der Waals surface area contributed by atoms with E-state index < -0.39 is 11.9 Å². The second-order valence-corrected chi connectivity index (χ2v) is 6.10. The molecule has 0 unspecified atom stereocenters. The van der Waals surface area contributed by atoms with E-state index in [1.165, 1.54) is 18.3 Å². The number of amides is 1. The third-order valence-electron chi connectivity index (χ3n) is 3.10. The minimum Gasteiger partial charge on any atom is -0.458 e. The number of rotatable bonds is 9. The summed E-state index contributed by atoms with van der Waals surface area (Å²) in [7, 11) is 1.59. The van der Waals surface area contributed by atoms with Gasteiger partial charge in [0.05, 0.1) is 19.7 Å². The maximum absolute atomic E-state index is 11.5. The number of ether oxygens (including phenoxy) is 2. The summed E-state index contributed by atoms with van der Waals surface area (Å²) >= 11 is 1.36. The standard InChI is InChI=1S/C16H21N5O5S/c1-10(22)25-8-14(23)19-7-11-3-4-13(26-11)12-9-27-16(20-12)21-15(17)18-5-6-24-2/h3-4,9H,5-8H2,1-2H3,(H,19,23)(H3,17,18,20,21).